The molecule has 1 aliphatic rings. The zero-order chi connectivity index (χ0) is 11.8. The quantitative estimate of drug-likeness (QED) is 0.799. The summed E-state index contributed by atoms with van der Waals surface area (Å²) < 4.78 is 5.80. The topological polar surface area (TPSA) is 25.6 Å². The van der Waals surface area contributed by atoms with E-state index < -0.39 is 0 Å². The van der Waals surface area contributed by atoms with Crippen molar-refractivity contribution >= 4 is 17.3 Å². The molecule has 0 unspecified atom stereocenters. The maximum absolute atomic E-state index is 6.90. The molecule has 0 spiro atoms. The third kappa shape index (κ3) is 1.99. The van der Waals surface area contributed by atoms with Crippen molar-refractivity contribution in [2.24, 2.45) is 0 Å². The fourth-order valence-electron chi connectivity index (χ4n) is 1.60. The molecule has 1 N–H and O–H groups in total. The summed E-state index contributed by atoms with van der Waals surface area (Å²) in [6.07, 6.45) is 0.155. The maximum atomic E-state index is 6.90. The molecule has 1 aliphatic heterocycles. The highest BCUT2D eigenvalue weighted by Gasteiger charge is 2.39. The van der Waals surface area contributed by atoms with Gasteiger partial charge < -0.3 is 10.1 Å². The van der Waals surface area contributed by atoms with Gasteiger partial charge in [-0.1, -0.05) is 17.7 Å². The Morgan fingerprint density at radius 3 is 2.75 bits per heavy atom. The van der Waals surface area contributed by atoms with Gasteiger partial charge in [-0.05, 0) is 26.0 Å². The molecule has 16 heavy (non-hydrogen) atoms. The number of hydrogen-bond donors (Lipinski definition) is 1. The van der Waals surface area contributed by atoms with Gasteiger partial charge in [-0.2, -0.15) is 0 Å². The normalized spacial score (nSPS) is 22.0. The zero-order valence-corrected chi connectivity index (χ0v) is 10.0. The SMILES string of the molecule is [C-]#[N+]c1ccc(O[C@H]2CNC2(C)C)cc1Cl. The first-order chi connectivity index (χ1) is 7.53. The van der Waals surface area contributed by atoms with Crippen LogP contribution in [0.25, 0.3) is 4.85 Å². The van der Waals surface area contributed by atoms with Crippen LogP contribution in [0.4, 0.5) is 5.69 Å². The van der Waals surface area contributed by atoms with Gasteiger partial charge in [-0.25, -0.2) is 4.85 Å². The van der Waals surface area contributed by atoms with Gasteiger partial charge in [0, 0.05) is 6.54 Å². The average molecular weight is 237 g/mol. The minimum absolute atomic E-state index is 0.00491. The van der Waals surface area contributed by atoms with E-state index in [4.69, 9.17) is 22.9 Å². The number of benzene rings is 1. The molecule has 0 saturated carbocycles. The minimum Gasteiger partial charge on any atom is -0.487 e. The molecule has 2 rings (SSSR count). The van der Waals surface area contributed by atoms with Gasteiger partial charge in [-0.3, -0.25) is 0 Å². The van der Waals surface area contributed by atoms with Gasteiger partial charge in [0.05, 0.1) is 17.1 Å². The van der Waals surface area contributed by atoms with Crippen LogP contribution in [0.2, 0.25) is 5.02 Å². The molecule has 1 atom stereocenters. The minimum atomic E-state index is 0.00491. The lowest BCUT2D eigenvalue weighted by atomic mass is 9.89. The van der Waals surface area contributed by atoms with Gasteiger partial charge in [0.1, 0.15) is 11.9 Å². The number of nitrogens with zero attached hydrogens (tertiary/aromatic N) is 1. The molecule has 84 valence electrons. The molecular formula is C12H13ClN2O. The molecular weight excluding hydrogens is 224 g/mol. The molecule has 1 fully saturated rings. The van der Waals surface area contributed by atoms with Crippen LogP contribution >= 0.6 is 11.6 Å². The molecule has 1 saturated heterocycles. The monoisotopic (exact) mass is 236 g/mol. The highest BCUT2D eigenvalue weighted by Crippen LogP contribution is 2.31. The Balaban J connectivity index is 2.12. The fraction of sp³-hybridized carbons (Fsp3) is 0.417. The summed E-state index contributed by atoms with van der Waals surface area (Å²) in [5.74, 6) is 0.719. The molecule has 0 bridgehead atoms. The van der Waals surface area contributed by atoms with Crippen molar-refractivity contribution < 1.29 is 4.74 Å². The summed E-state index contributed by atoms with van der Waals surface area (Å²) in [6, 6.07) is 5.17. The Hall–Kier alpha value is -1.24. The van der Waals surface area contributed by atoms with E-state index in [0.717, 1.165) is 12.3 Å². The van der Waals surface area contributed by atoms with Crippen LogP contribution in [0, 0.1) is 6.57 Å². The van der Waals surface area contributed by atoms with Crippen molar-refractivity contribution in [3.8, 4) is 5.75 Å². The van der Waals surface area contributed by atoms with E-state index in [1.54, 1.807) is 18.2 Å². The van der Waals surface area contributed by atoms with Crippen molar-refractivity contribution in [1.29, 1.82) is 0 Å². The molecule has 0 radical (unpaired) electrons. The molecule has 0 aromatic heterocycles. The second-order valence-electron chi connectivity index (χ2n) is 4.43. The molecule has 3 nitrogen and oxygen atoms in total. The summed E-state index contributed by atoms with van der Waals surface area (Å²) in [5, 5.41) is 3.73. The van der Waals surface area contributed by atoms with E-state index in [9.17, 15) is 0 Å². The number of ether oxygens (including phenoxy) is 1. The lowest BCUT2D eigenvalue weighted by molar-refractivity contribution is 0.0302. The van der Waals surface area contributed by atoms with Gasteiger partial charge in [0.2, 0.25) is 5.69 Å². The molecule has 1 aromatic carbocycles. The number of halogens is 1. The highest BCUT2D eigenvalue weighted by molar-refractivity contribution is 6.33. The summed E-state index contributed by atoms with van der Waals surface area (Å²) in [6.45, 7) is 11.9. The van der Waals surface area contributed by atoms with E-state index in [1.165, 1.54) is 0 Å². The lowest BCUT2D eigenvalue weighted by Crippen LogP contribution is -2.67. The predicted octanol–water partition coefficient (Wildman–Crippen LogP) is 3.02. The maximum Gasteiger partial charge on any atom is 0.205 e. The second-order valence-corrected chi connectivity index (χ2v) is 4.84. The summed E-state index contributed by atoms with van der Waals surface area (Å²) in [7, 11) is 0. The standard InChI is InChI=1S/C12H13ClN2O/c1-12(2)11(7-15-12)16-8-4-5-10(14-3)9(13)6-8/h4-6,11,15H,7H2,1-2H3/t11-/m0/s1. The largest absolute Gasteiger partial charge is 0.487 e. The summed E-state index contributed by atoms with van der Waals surface area (Å²) >= 11 is 5.94. The zero-order valence-electron chi connectivity index (χ0n) is 9.25. The van der Waals surface area contributed by atoms with Gasteiger partial charge in [-0.15, -0.1) is 0 Å². The van der Waals surface area contributed by atoms with Gasteiger partial charge in [0.25, 0.3) is 0 Å². The van der Waals surface area contributed by atoms with Crippen LogP contribution in [-0.2, 0) is 0 Å². The number of rotatable bonds is 2. The van der Waals surface area contributed by atoms with Crippen LogP contribution in [0.5, 0.6) is 5.75 Å². The van der Waals surface area contributed by atoms with Crippen LogP contribution in [0.1, 0.15) is 13.8 Å². The lowest BCUT2D eigenvalue weighted by Gasteiger charge is -2.45. The van der Waals surface area contributed by atoms with Crippen LogP contribution in [0.15, 0.2) is 18.2 Å². The predicted molar refractivity (Wildman–Crippen MR) is 64.2 cm³/mol. The average Bonchev–Trinajstić information content (AvgIpc) is 2.25. The first kappa shape index (κ1) is 11.3. The fourth-order valence-corrected chi connectivity index (χ4v) is 1.81. The Bertz CT molecular complexity index is 451. The van der Waals surface area contributed by atoms with E-state index in [1.807, 2.05) is 0 Å². The second kappa shape index (κ2) is 3.97. The molecule has 4 heteroatoms. The Morgan fingerprint density at radius 1 is 1.56 bits per heavy atom. The Morgan fingerprint density at radius 2 is 2.31 bits per heavy atom. The van der Waals surface area contributed by atoms with Crippen molar-refractivity contribution in [1.82, 2.24) is 5.32 Å². The Kier molecular flexibility index (Phi) is 2.79. The first-order valence-corrected chi connectivity index (χ1v) is 5.49. The highest BCUT2D eigenvalue weighted by atomic mass is 35.5. The van der Waals surface area contributed by atoms with Crippen molar-refractivity contribution in [2.45, 2.75) is 25.5 Å². The third-order valence-corrected chi connectivity index (χ3v) is 3.17. The number of nitrogens with one attached hydrogen (secondary N) is 1. The smallest absolute Gasteiger partial charge is 0.205 e. The van der Waals surface area contributed by atoms with Crippen molar-refractivity contribution in [3.63, 3.8) is 0 Å². The van der Waals surface area contributed by atoms with Gasteiger partial charge in [0.15, 0.2) is 0 Å². The number of hydrogen-bond acceptors (Lipinski definition) is 2. The van der Waals surface area contributed by atoms with E-state index in [0.29, 0.717) is 10.7 Å². The van der Waals surface area contributed by atoms with Crippen molar-refractivity contribution in [3.05, 3.63) is 34.6 Å². The van der Waals surface area contributed by atoms with Crippen molar-refractivity contribution in [2.75, 3.05) is 6.54 Å². The van der Waals surface area contributed by atoms with Crippen LogP contribution < -0.4 is 10.1 Å². The van der Waals surface area contributed by atoms with E-state index in [-0.39, 0.29) is 11.6 Å². The van der Waals surface area contributed by atoms with Crippen LogP contribution in [-0.4, -0.2) is 18.2 Å². The van der Waals surface area contributed by atoms with Crippen LogP contribution in [0.3, 0.4) is 0 Å². The molecule has 0 amide bonds. The molecule has 1 aromatic rings. The molecule has 0 aliphatic carbocycles. The van der Waals surface area contributed by atoms with Gasteiger partial charge >= 0.3 is 0 Å². The third-order valence-electron chi connectivity index (χ3n) is 2.87. The van der Waals surface area contributed by atoms with E-state index >= 15 is 0 Å². The summed E-state index contributed by atoms with van der Waals surface area (Å²) in [5.41, 5.74) is 0.463. The Labute approximate surface area is 100 Å². The molecule has 1 heterocycles. The summed E-state index contributed by atoms with van der Waals surface area (Å²) in [4.78, 5) is 3.30. The van der Waals surface area contributed by atoms with E-state index in [2.05, 4.69) is 24.0 Å². The first-order valence-electron chi connectivity index (χ1n) is 5.11.